The Hall–Kier alpha value is -1.95. The molecule has 1 aliphatic rings. The molecule has 1 aliphatic heterocycles. The molecule has 27 heavy (non-hydrogen) atoms. The second-order valence-electron chi connectivity index (χ2n) is 6.42. The van der Waals surface area contributed by atoms with E-state index in [1.54, 1.807) is 14.2 Å². The zero-order valence-corrected chi connectivity index (χ0v) is 16.9. The van der Waals surface area contributed by atoms with Gasteiger partial charge in [-0.05, 0) is 42.8 Å². The topological polar surface area (TPSA) is 43.0 Å². The molecule has 1 unspecified atom stereocenters. The van der Waals surface area contributed by atoms with Gasteiger partial charge < -0.3 is 19.5 Å². The maximum Gasteiger partial charge on any atom is 0.161 e. The van der Waals surface area contributed by atoms with Crippen LogP contribution in [0.2, 0.25) is 5.02 Å². The van der Waals surface area contributed by atoms with Gasteiger partial charge in [-0.3, -0.25) is 4.90 Å². The third-order valence-corrected chi connectivity index (χ3v) is 5.04. The fourth-order valence-electron chi connectivity index (χ4n) is 3.57. The number of nitrogens with one attached hydrogen (secondary N) is 1. The largest absolute Gasteiger partial charge is 0.494 e. The highest BCUT2D eigenvalue weighted by atomic mass is 35.5. The highest BCUT2D eigenvalue weighted by Gasteiger charge is 2.27. The van der Waals surface area contributed by atoms with Gasteiger partial charge >= 0.3 is 0 Å². The van der Waals surface area contributed by atoms with Crippen molar-refractivity contribution in [2.75, 3.05) is 47.0 Å². The first-order chi connectivity index (χ1) is 13.2. The second kappa shape index (κ2) is 9.31. The molecule has 0 spiro atoms. The van der Waals surface area contributed by atoms with Crippen LogP contribution in [0.5, 0.6) is 17.2 Å². The van der Waals surface area contributed by atoms with Crippen molar-refractivity contribution in [1.82, 2.24) is 10.2 Å². The van der Waals surface area contributed by atoms with E-state index in [0.29, 0.717) is 11.6 Å². The first kappa shape index (κ1) is 19.8. The summed E-state index contributed by atoms with van der Waals surface area (Å²) in [7, 11) is 3.31. The van der Waals surface area contributed by atoms with E-state index in [9.17, 15) is 0 Å². The minimum Gasteiger partial charge on any atom is -0.494 e. The fraction of sp³-hybridized carbons (Fsp3) is 0.429. The molecule has 1 fully saturated rings. The predicted octanol–water partition coefficient (Wildman–Crippen LogP) is 3.75. The molecular weight excluding hydrogens is 364 g/mol. The van der Waals surface area contributed by atoms with Crippen LogP contribution in [0.1, 0.15) is 24.1 Å². The normalized spacial score (nSPS) is 16.0. The van der Waals surface area contributed by atoms with E-state index in [-0.39, 0.29) is 6.04 Å². The van der Waals surface area contributed by atoms with Crippen molar-refractivity contribution in [3.63, 3.8) is 0 Å². The van der Waals surface area contributed by atoms with Gasteiger partial charge in [0.2, 0.25) is 0 Å². The molecule has 0 saturated carbocycles. The third-order valence-electron chi connectivity index (χ3n) is 4.81. The van der Waals surface area contributed by atoms with Crippen molar-refractivity contribution in [3.8, 4) is 17.2 Å². The van der Waals surface area contributed by atoms with Gasteiger partial charge in [-0.1, -0.05) is 17.7 Å². The molecule has 6 heteroatoms. The van der Waals surface area contributed by atoms with Gasteiger partial charge in [-0.15, -0.1) is 0 Å². The smallest absolute Gasteiger partial charge is 0.161 e. The number of hydrogen-bond donors (Lipinski definition) is 1. The SMILES string of the molecule is CCOc1ccc(Cl)cc1C(c1ccc(OC)c(OC)c1)N1CCNCC1. The van der Waals surface area contributed by atoms with E-state index < -0.39 is 0 Å². The summed E-state index contributed by atoms with van der Waals surface area (Å²) < 4.78 is 16.9. The van der Waals surface area contributed by atoms with Gasteiger partial charge in [0.15, 0.2) is 11.5 Å². The Labute approximate surface area is 166 Å². The Morgan fingerprint density at radius 2 is 1.70 bits per heavy atom. The Kier molecular flexibility index (Phi) is 6.83. The quantitative estimate of drug-likeness (QED) is 0.779. The summed E-state index contributed by atoms with van der Waals surface area (Å²) in [6.07, 6.45) is 0. The van der Waals surface area contributed by atoms with Crippen molar-refractivity contribution in [2.24, 2.45) is 0 Å². The molecule has 0 bridgehead atoms. The van der Waals surface area contributed by atoms with Crippen molar-refractivity contribution in [3.05, 3.63) is 52.5 Å². The first-order valence-electron chi connectivity index (χ1n) is 9.26. The van der Waals surface area contributed by atoms with Gasteiger partial charge in [0.05, 0.1) is 26.9 Å². The van der Waals surface area contributed by atoms with Gasteiger partial charge in [0.25, 0.3) is 0 Å². The van der Waals surface area contributed by atoms with E-state index in [4.69, 9.17) is 25.8 Å². The molecule has 2 aromatic rings. The Balaban J connectivity index is 2.11. The minimum atomic E-state index is 0.0205. The first-order valence-corrected chi connectivity index (χ1v) is 9.64. The number of halogens is 1. The number of ether oxygens (including phenoxy) is 3. The van der Waals surface area contributed by atoms with E-state index in [1.165, 1.54) is 0 Å². The van der Waals surface area contributed by atoms with Gasteiger partial charge in [-0.2, -0.15) is 0 Å². The molecule has 0 aliphatic carbocycles. The summed E-state index contributed by atoms with van der Waals surface area (Å²) in [6, 6.07) is 11.9. The zero-order chi connectivity index (χ0) is 19.2. The average Bonchev–Trinajstić information content (AvgIpc) is 2.71. The molecule has 1 N–H and O–H groups in total. The lowest BCUT2D eigenvalue weighted by molar-refractivity contribution is 0.193. The van der Waals surface area contributed by atoms with Crippen LogP contribution in [-0.2, 0) is 0 Å². The van der Waals surface area contributed by atoms with Crippen LogP contribution < -0.4 is 19.5 Å². The van der Waals surface area contributed by atoms with Crippen molar-refractivity contribution < 1.29 is 14.2 Å². The Bertz CT molecular complexity index is 763. The number of rotatable bonds is 7. The number of methoxy groups -OCH3 is 2. The van der Waals surface area contributed by atoms with Gasteiger partial charge in [0, 0.05) is 36.8 Å². The molecule has 2 aromatic carbocycles. The van der Waals surface area contributed by atoms with Crippen molar-refractivity contribution in [2.45, 2.75) is 13.0 Å². The van der Waals surface area contributed by atoms with Crippen molar-refractivity contribution in [1.29, 1.82) is 0 Å². The van der Waals surface area contributed by atoms with Gasteiger partial charge in [0.1, 0.15) is 5.75 Å². The Morgan fingerprint density at radius 3 is 2.37 bits per heavy atom. The molecule has 0 amide bonds. The summed E-state index contributed by atoms with van der Waals surface area (Å²) in [6.45, 7) is 6.39. The standard InChI is InChI=1S/C21H27ClN2O3/c1-4-27-18-8-6-16(22)14-17(18)21(24-11-9-23-10-12-24)15-5-7-19(25-2)20(13-15)26-3/h5-8,13-14,21,23H,4,9-12H2,1-3H3. The molecule has 3 rings (SSSR count). The van der Waals surface area contributed by atoms with Crippen LogP contribution in [0.25, 0.3) is 0 Å². The fourth-order valence-corrected chi connectivity index (χ4v) is 3.75. The highest BCUT2D eigenvalue weighted by Crippen LogP contribution is 2.39. The monoisotopic (exact) mass is 390 g/mol. The van der Waals surface area contributed by atoms with Crippen LogP contribution in [0.4, 0.5) is 0 Å². The predicted molar refractivity (Wildman–Crippen MR) is 108 cm³/mol. The lowest BCUT2D eigenvalue weighted by Gasteiger charge is -2.36. The number of benzene rings is 2. The molecule has 146 valence electrons. The maximum atomic E-state index is 6.36. The maximum absolute atomic E-state index is 6.36. The number of hydrogen-bond acceptors (Lipinski definition) is 5. The van der Waals surface area contributed by atoms with Crippen LogP contribution in [0.15, 0.2) is 36.4 Å². The van der Waals surface area contributed by atoms with Crippen LogP contribution >= 0.6 is 11.6 Å². The molecule has 5 nitrogen and oxygen atoms in total. The molecule has 0 radical (unpaired) electrons. The average molecular weight is 391 g/mol. The summed E-state index contributed by atoms with van der Waals surface area (Å²) in [5.74, 6) is 2.30. The summed E-state index contributed by atoms with van der Waals surface area (Å²) in [5.41, 5.74) is 2.19. The van der Waals surface area contributed by atoms with E-state index in [1.807, 2.05) is 37.3 Å². The summed E-state index contributed by atoms with van der Waals surface area (Å²) in [5, 5.41) is 4.12. The van der Waals surface area contributed by atoms with Gasteiger partial charge in [-0.25, -0.2) is 0 Å². The van der Waals surface area contributed by atoms with E-state index >= 15 is 0 Å². The van der Waals surface area contributed by atoms with E-state index in [0.717, 1.165) is 54.6 Å². The zero-order valence-electron chi connectivity index (χ0n) is 16.1. The molecule has 0 aromatic heterocycles. The van der Waals surface area contributed by atoms with Crippen LogP contribution in [0.3, 0.4) is 0 Å². The van der Waals surface area contributed by atoms with E-state index in [2.05, 4.69) is 16.3 Å². The summed E-state index contributed by atoms with van der Waals surface area (Å²) >= 11 is 6.36. The van der Waals surface area contributed by atoms with Crippen LogP contribution in [-0.4, -0.2) is 51.9 Å². The molecule has 1 saturated heterocycles. The second-order valence-corrected chi connectivity index (χ2v) is 6.85. The molecule has 1 heterocycles. The number of piperazine rings is 1. The Morgan fingerprint density at radius 1 is 1.00 bits per heavy atom. The molecular formula is C21H27ClN2O3. The molecule has 1 atom stereocenters. The summed E-state index contributed by atoms with van der Waals surface area (Å²) in [4.78, 5) is 2.45. The highest BCUT2D eigenvalue weighted by molar-refractivity contribution is 6.30. The van der Waals surface area contributed by atoms with Crippen molar-refractivity contribution >= 4 is 11.6 Å². The number of nitrogens with zero attached hydrogens (tertiary/aromatic N) is 1. The van der Waals surface area contributed by atoms with Crippen LogP contribution in [0, 0.1) is 0 Å². The lowest BCUT2D eigenvalue weighted by atomic mass is 9.95. The minimum absolute atomic E-state index is 0.0205. The third kappa shape index (κ3) is 4.49. The lowest BCUT2D eigenvalue weighted by Crippen LogP contribution is -2.45.